The molecule has 0 aliphatic heterocycles. The molecule has 1 heterocycles. The van der Waals surface area contributed by atoms with Crippen molar-refractivity contribution in [2.75, 3.05) is 0 Å². The molecule has 1 atom stereocenters. The molecule has 5 nitrogen and oxygen atoms in total. The van der Waals surface area contributed by atoms with Gasteiger partial charge in [0.05, 0.1) is 5.92 Å². The van der Waals surface area contributed by atoms with E-state index in [1.165, 1.54) is 31.2 Å². The highest BCUT2D eigenvalue weighted by Gasteiger charge is 2.36. The Morgan fingerprint density at radius 1 is 1.12 bits per heavy atom. The van der Waals surface area contributed by atoms with Crippen molar-refractivity contribution in [1.82, 2.24) is 10.2 Å². The lowest BCUT2D eigenvalue weighted by Gasteiger charge is -2.15. The van der Waals surface area contributed by atoms with E-state index in [0.29, 0.717) is 5.56 Å². The Labute approximate surface area is 150 Å². The maximum absolute atomic E-state index is 12.2. The number of alkyl halides is 3. The van der Waals surface area contributed by atoms with Gasteiger partial charge < -0.3 is 4.74 Å². The van der Waals surface area contributed by atoms with Crippen LogP contribution >= 0.6 is 0 Å². The summed E-state index contributed by atoms with van der Waals surface area (Å²) in [4.78, 5) is 9.77. The van der Waals surface area contributed by atoms with Crippen LogP contribution in [0.4, 0.5) is 13.2 Å². The van der Waals surface area contributed by atoms with Crippen LogP contribution in [0.2, 0.25) is 0 Å². The third kappa shape index (κ3) is 8.24. The zero-order valence-corrected chi connectivity index (χ0v) is 14.9. The van der Waals surface area contributed by atoms with Gasteiger partial charge >= 0.3 is 6.18 Å². The van der Waals surface area contributed by atoms with Gasteiger partial charge in [-0.1, -0.05) is 43.7 Å². The van der Waals surface area contributed by atoms with Crippen molar-refractivity contribution in [2.24, 2.45) is 0 Å². The number of nitriles is 1. The lowest BCUT2D eigenvalue weighted by atomic mass is 10.00. The van der Waals surface area contributed by atoms with Crippen LogP contribution in [0, 0.1) is 18.3 Å². The van der Waals surface area contributed by atoms with Crippen LogP contribution < -0.4 is 4.74 Å². The SMILES string of the molecule is CC.Cc1ccc(C(C)C(F)(F)F)cc1.N#Cc1ccc(OC=O)nn1. The van der Waals surface area contributed by atoms with E-state index in [0.717, 1.165) is 5.56 Å². The van der Waals surface area contributed by atoms with Crippen LogP contribution in [0.1, 0.15) is 43.5 Å². The average Bonchev–Trinajstić information content (AvgIpc) is 2.64. The van der Waals surface area contributed by atoms with Gasteiger partial charge in [-0.25, -0.2) is 0 Å². The van der Waals surface area contributed by atoms with Gasteiger partial charge in [0.25, 0.3) is 6.47 Å². The van der Waals surface area contributed by atoms with Crippen LogP contribution in [-0.4, -0.2) is 22.8 Å². The first-order valence-electron chi connectivity index (χ1n) is 7.75. The summed E-state index contributed by atoms with van der Waals surface area (Å²) < 4.78 is 41.0. The molecule has 0 bridgehead atoms. The van der Waals surface area contributed by atoms with E-state index in [-0.39, 0.29) is 18.0 Å². The molecule has 2 aromatic rings. The molecule has 0 amide bonds. The number of nitrogens with zero attached hydrogens (tertiary/aromatic N) is 3. The predicted octanol–water partition coefficient (Wildman–Crippen LogP) is 4.57. The summed E-state index contributed by atoms with van der Waals surface area (Å²) in [5.41, 5.74) is 1.47. The predicted molar refractivity (Wildman–Crippen MR) is 90.4 cm³/mol. The number of ether oxygens (including phenoxy) is 1. The van der Waals surface area contributed by atoms with E-state index in [4.69, 9.17) is 5.26 Å². The number of aromatic nitrogens is 2. The number of benzene rings is 1. The normalized spacial score (nSPS) is 10.8. The first-order valence-corrected chi connectivity index (χ1v) is 7.75. The standard InChI is InChI=1S/C10H11F3.C6H3N3O2.C2H6/c1-7-3-5-9(6-4-7)8(2)10(11,12)13;7-3-5-1-2-6(9-8-5)11-4-10;1-2/h3-6,8H,1-2H3;1-2,4H;1-2H3. The molecule has 1 aromatic heterocycles. The average molecular weight is 367 g/mol. The molecule has 140 valence electrons. The third-order valence-electron chi connectivity index (χ3n) is 2.99. The number of rotatable bonds is 3. The van der Waals surface area contributed by atoms with Gasteiger partial charge in [-0.3, -0.25) is 4.79 Å². The van der Waals surface area contributed by atoms with Gasteiger partial charge in [-0.2, -0.15) is 18.4 Å². The molecule has 1 aromatic carbocycles. The zero-order chi connectivity index (χ0) is 20.2. The van der Waals surface area contributed by atoms with E-state index in [1.54, 1.807) is 18.2 Å². The Kier molecular flexibility index (Phi) is 10.3. The van der Waals surface area contributed by atoms with Crippen molar-refractivity contribution in [2.45, 2.75) is 39.8 Å². The monoisotopic (exact) mass is 367 g/mol. The van der Waals surface area contributed by atoms with E-state index in [2.05, 4.69) is 14.9 Å². The Morgan fingerprint density at radius 3 is 2.08 bits per heavy atom. The number of hydrogen-bond acceptors (Lipinski definition) is 5. The minimum Gasteiger partial charge on any atom is -0.408 e. The van der Waals surface area contributed by atoms with Gasteiger partial charge in [0.15, 0.2) is 5.69 Å². The Hall–Kier alpha value is -2.95. The molecule has 2 rings (SSSR count). The van der Waals surface area contributed by atoms with Crippen LogP contribution in [0.5, 0.6) is 5.88 Å². The van der Waals surface area contributed by atoms with E-state index in [1.807, 2.05) is 20.8 Å². The van der Waals surface area contributed by atoms with Crippen LogP contribution in [-0.2, 0) is 4.79 Å². The molecule has 0 spiro atoms. The molecule has 0 saturated heterocycles. The summed E-state index contributed by atoms with van der Waals surface area (Å²) in [5.74, 6) is -1.30. The number of hydrogen-bond donors (Lipinski definition) is 0. The molecule has 0 radical (unpaired) electrons. The highest BCUT2D eigenvalue weighted by Crippen LogP contribution is 2.33. The van der Waals surface area contributed by atoms with Crippen molar-refractivity contribution in [3.05, 3.63) is 53.2 Å². The van der Waals surface area contributed by atoms with Crippen molar-refractivity contribution >= 4 is 6.47 Å². The Balaban J connectivity index is 0.000000444. The highest BCUT2D eigenvalue weighted by molar-refractivity contribution is 5.42. The topological polar surface area (TPSA) is 75.9 Å². The summed E-state index contributed by atoms with van der Waals surface area (Å²) in [6.45, 7) is 7.27. The minimum absolute atomic E-state index is 0.0824. The number of carbonyl (C=O) groups is 1. The number of halogens is 3. The van der Waals surface area contributed by atoms with Crippen molar-refractivity contribution < 1.29 is 22.7 Å². The quantitative estimate of drug-likeness (QED) is 0.743. The zero-order valence-electron chi connectivity index (χ0n) is 14.9. The van der Waals surface area contributed by atoms with Crippen molar-refractivity contribution in [1.29, 1.82) is 5.26 Å². The fourth-order valence-electron chi connectivity index (χ4n) is 1.54. The maximum Gasteiger partial charge on any atom is 0.395 e. The molecule has 0 aliphatic carbocycles. The van der Waals surface area contributed by atoms with E-state index < -0.39 is 12.1 Å². The van der Waals surface area contributed by atoms with Gasteiger partial charge in [-0.15, -0.1) is 10.2 Å². The minimum atomic E-state index is -4.14. The van der Waals surface area contributed by atoms with Crippen molar-refractivity contribution in [3.8, 4) is 11.9 Å². The third-order valence-corrected chi connectivity index (χ3v) is 2.99. The van der Waals surface area contributed by atoms with Crippen molar-refractivity contribution in [3.63, 3.8) is 0 Å². The Morgan fingerprint density at radius 2 is 1.69 bits per heavy atom. The summed E-state index contributed by atoms with van der Waals surface area (Å²) in [5, 5.41) is 15.1. The number of aryl methyl sites for hydroxylation is 1. The van der Waals surface area contributed by atoms with Gasteiger partial charge in [0, 0.05) is 6.07 Å². The molecule has 0 fully saturated rings. The largest absolute Gasteiger partial charge is 0.408 e. The molecule has 8 heteroatoms. The maximum atomic E-state index is 12.2. The molecule has 0 N–H and O–H groups in total. The fourth-order valence-corrected chi connectivity index (χ4v) is 1.54. The summed E-state index contributed by atoms with van der Waals surface area (Å²) in [6.07, 6.45) is -4.14. The first-order chi connectivity index (χ1) is 12.3. The van der Waals surface area contributed by atoms with Crippen LogP contribution in [0.15, 0.2) is 36.4 Å². The van der Waals surface area contributed by atoms with Crippen LogP contribution in [0.3, 0.4) is 0 Å². The smallest absolute Gasteiger partial charge is 0.395 e. The number of carbonyl (C=O) groups excluding carboxylic acids is 1. The second-order valence-corrected chi connectivity index (χ2v) is 4.76. The second-order valence-electron chi connectivity index (χ2n) is 4.76. The molecular formula is C18H20F3N3O2. The molecular weight excluding hydrogens is 347 g/mol. The van der Waals surface area contributed by atoms with Gasteiger partial charge in [0.2, 0.25) is 5.88 Å². The molecule has 0 saturated carbocycles. The van der Waals surface area contributed by atoms with Gasteiger partial charge in [-0.05, 0) is 25.5 Å². The van der Waals surface area contributed by atoms with E-state index in [9.17, 15) is 18.0 Å². The lowest BCUT2D eigenvalue weighted by Crippen LogP contribution is -2.17. The summed E-state index contributed by atoms with van der Waals surface area (Å²) in [7, 11) is 0. The first kappa shape index (κ1) is 23.1. The Bertz CT molecular complexity index is 694. The summed E-state index contributed by atoms with van der Waals surface area (Å²) in [6, 6.07) is 11.0. The molecule has 0 aliphatic rings. The lowest BCUT2D eigenvalue weighted by molar-refractivity contribution is -0.146. The van der Waals surface area contributed by atoms with Gasteiger partial charge in [0.1, 0.15) is 6.07 Å². The molecule has 1 unspecified atom stereocenters. The van der Waals surface area contributed by atoms with Crippen LogP contribution in [0.25, 0.3) is 0 Å². The highest BCUT2D eigenvalue weighted by atomic mass is 19.4. The summed E-state index contributed by atoms with van der Waals surface area (Å²) >= 11 is 0. The second kappa shape index (κ2) is 11.6. The molecule has 26 heavy (non-hydrogen) atoms. The van der Waals surface area contributed by atoms with E-state index >= 15 is 0 Å². The fraction of sp³-hybridized carbons (Fsp3) is 0.333.